The molecule has 1 aromatic carbocycles. The van der Waals surface area contributed by atoms with Gasteiger partial charge in [-0.2, -0.15) is 0 Å². The largest absolute Gasteiger partial charge is 0.486 e. The van der Waals surface area contributed by atoms with Gasteiger partial charge in [-0.3, -0.25) is 4.40 Å². The number of hydrogen-bond donors (Lipinski definition) is 0. The predicted octanol–water partition coefficient (Wildman–Crippen LogP) is 3.54. The van der Waals surface area contributed by atoms with Crippen molar-refractivity contribution in [1.82, 2.24) is 9.38 Å². The Morgan fingerprint density at radius 1 is 1.05 bits per heavy atom. The average molecular weight is 331 g/mol. The number of benzene rings is 1. The summed E-state index contributed by atoms with van der Waals surface area (Å²) in [5.74, 6) is 1.57. The summed E-state index contributed by atoms with van der Waals surface area (Å²) in [6.45, 7) is 1.19. The number of fused-ring (bicyclic) bond motifs is 2. The van der Waals surface area contributed by atoms with Crippen LogP contribution in [0.2, 0.25) is 0 Å². The van der Waals surface area contributed by atoms with E-state index in [2.05, 4.69) is 20.9 Å². The Hall–Kier alpha value is -2.01. The number of hydrogen-bond acceptors (Lipinski definition) is 3. The van der Waals surface area contributed by atoms with Crippen LogP contribution in [0.25, 0.3) is 16.9 Å². The van der Waals surface area contributed by atoms with Crippen molar-refractivity contribution < 1.29 is 9.47 Å². The zero-order chi connectivity index (χ0) is 13.5. The fraction of sp³-hybridized carbons (Fsp3) is 0.133. The zero-order valence-corrected chi connectivity index (χ0v) is 12.1. The van der Waals surface area contributed by atoms with Gasteiger partial charge in [-0.25, -0.2) is 4.98 Å². The van der Waals surface area contributed by atoms with E-state index < -0.39 is 0 Å². The standard InChI is InChI=1S/C15H11BrN2O2/c16-15-14(17-13-3-1-2-6-18(13)15)10-4-5-11-12(9-10)20-8-7-19-11/h1-6,9H,7-8H2. The first kappa shape index (κ1) is 11.8. The molecule has 1 aliphatic heterocycles. The van der Waals surface area contributed by atoms with Crippen LogP contribution < -0.4 is 9.47 Å². The van der Waals surface area contributed by atoms with Crippen LogP contribution >= 0.6 is 15.9 Å². The summed E-state index contributed by atoms with van der Waals surface area (Å²) in [6, 6.07) is 11.8. The van der Waals surface area contributed by atoms with Crippen LogP contribution in [0.4, 0.5) is 0 Å². The number of pyridine rings is 1. The van der Waals surface area contributed by atoms with E-state index in [9.17, 15) is 0 Å². The van der Waals surface area contributed by atoms with Gasteiger partial charge in [0, 0.05) is 11.8 Å². The molecule has 0 saturated carbocycles. The van der Waals surface area contributed by atoms with Crippen LogP contribution in [0.1, 0.15) is 0 Å². The lowest BCUT2D eigenvalue weighted by Gasteiger charge is -2.18. The summed E-state index contributed by atoms with van der Waals surface area (Å²) in [5, 5.41) is 0. The minimum Gasteiger partial charge on any atom is -0.486 e. The molecule has 0 radical (unpaired) electrons. The summed E-state index contributed by atoms with van der Waals surface area (Å²) in [4.78, 5) is 4.65. The Bertz CT molecular complexity index is 798. The van der Waals surface area contributed by atoms with Crippen molar-refractivity contribution in [3.63, 3.8) is 0 Å². The van der Waals surface area contributed by atoms with E-state index >= 15 is 0 Å². The molecule has 0 N–H and O–H groups in total. The van der Waals surface area contributed by atoms with Crippen molar-refractivity contribution in [2.24, 2.45) is 0 Å². The third-order valence-corrected chi connectivity index (χ3v) is 4.04. The molecular weight excluding hydrogens is 320 g/mol. The van der Waals surface area contributed by atoms with Gasteiger partial charge in [-0.1, -0.05) is 6.07 Å². The molecule has 0 atom stereocenters. The van der Waals surface area contributed by atoms with Gasteiger partial charge in [0.25, 0.3) is 0 Å². The van der Waals surface area contributed by atoms with Crippen LogP contribution in [0, 0.1) is 0 Å². The van der Waals surface area contributed by atoms with E-state index in [1.165, 1.54) is 0 Å². The van der Waals surface area contributed by atoms with E-state index in [0.717, 1.165) is 33.0 Å². The molecule has 0 bridgehead atoms. The monoisotopic (exact) mass is 330 g/mol. The van der Waals surface area contributed by atoms with Gasteiger partial charge >= 0.3 is 0 Å². The Morgan fingerprint density at radius 2 is 1.90 bits per heavy atom. The first-order valence-electron chi connectivity index (χ1n) is 6.35. The highest BCUT2D eigenvalue weighted by Crippen LogP contribution is 2.36. The van der Waals surface area contributed by atoms with E-state index in [0.29, 0.717) is 13.2 Å². The van der Waals surface area contributed by atoms with E-state index in [1.54, 1.807) is 0 Å². The number of aromatic nitrogens is 2. The third kappa shape index (κ3) is 1.78. The molecule has 20 heavy (non-hydrogen) atoms. The van der Waals surface area contributed by atoms with Crippen LogP contribution in [0.5, 0.6) is 11.5 Å². The van der Waals surface area contributed by atoms with Gasteiger partial charge in [-0.15, -0.1) is 0 Å². The highest BCUT2D eigenvalue weighted by molar-refractivity contribution is 9.10. The highest BCUT2D eigenvalue weighted by Gasteiger charge is 2.16. The molecule has 5 heteroatoms. The Balaban J connectivity index is 1.88. The minimum absolute atomic E-state index is 0.586. The number of rotatable bonds is 1. The van der Waals surface area contributed by atoms with Crippen molar-refractivity contribution in [3.05, 3.63) is 47.2 Å². The second kappa shape index (κ2) is 4.52. The molecule has 0 spiro atoms. The van der Waals surface area contributed by atoms with Gasteiger partial charge < -0.3 is 9.47 Å². The molecule has 0 unspecified atom stereocenters. The van der Waals surface area contributed by atoms with Crippen molar-refractivity contribution in [3.8, 4) is 22.8 Å². The molecule has 2 aromatic heterocycles. The SMILES string of the molecule is Brc1c(-c2ccc3c(c2)OCCO3)nc2ccccn12. The summed E-state index contributed by atoms with van der Waals surface area (Å²) < 4.78 is 14.1. The first-order valence-corrected chi connectivity index (χ1v) is 7.15. The first-order chi connectivity index (χ1) is 9.83. The molecule has 0 aliphatic carbocycles. The van der Waals surface area contributed by atoms with Crippen molar-refractivity contribution in [1.29, 1.82) is 0 Å². The smallest absolute Gasteiger partial charge is 0.162 e. The zero-order valence-electron chi connectivity index (χ0n) is 10.5. The number of halogens is 1. The Kier molecular flexibility index (Phi) is 2.67. The quantitative estimate of drug-likeness (QED) is 0.684. The van der Waals surface area contributed by atoms with Crippen molar-refractivity contribution in [2.75, 3.05) is 13.2 Å². The van der Waals surface area contributed by atoms with Crippen LogP contribution in [0.3, 0.4) is 0 Å². The lowest BCUT2D eigenvalue weighted by Crippen LogP contribution is -2.15. The summed E-state index contributed by atoms with van der Waals surface area (Å²) in [5.41, 5.74) is 2.81. The second-order valence-electron chi connectivity index (χ2n) is 4.54. The molecule has 4 nitrogen and oxygen atoms in total. The topological polar surface area (TPSA) is 35.8 Å². The number of imidazole rings is 1. The number of nitrogens with zero attached hydrogens (tertiary/aromatic N) is 2. The fourth-order valence-electron chi connectivity index (χ4n) is 2.34. The van der Waals surface area contributed by atoms with Crippen molar-refractivity contribution in [2.45, 2.75) is 0 Å². The average Bonchev–Trinajstić information content (AvgIpc) is 2.84. The van der Waals surface area contributed by atoms with Gasteiger partial charge in [0.15, 0.2) is 11.5 Å². The van der Waals surface area contributed by atoms with Crippen LogP contribution in [0.15, 0.2) is 47.2 Å². The summed E-state index contributed by atoms with van der Waals surface area (Å²) in [6.07, 6.45) is 1.98. The third-order valence-electron chi connectivity index (χ3n) is 3.29. The maximum Gasteiger partial charge on any atom is 0.162 e. The maximum atomic E-state index is 5.62. The summed E-state index contributed by atoms with van der Waals surface area (Å²) >= 11 is 3.61. The molecule has 1 aliphatic rings. The van der Waals surface area contributed by atoms with E-state index in [4.69, 9.17) is 9.47 Å². The molecule has 3 aromatic rings. The van der Waals surface area contributed by atoms with Gasteiger partial charge in [0.1, 0.15) is 29.2 Å². The lowest BCUT2D eigenvalue weighted by molar-refractivity contribution is 0.171. The molecule has 0 saturated heterocycles. The van der Waals surface area contributed by atoms with Gasteiger partial charge in [0.05, 0.1) is 0 Å². The molecule has 0 fully saturated rings. The minimum atomic E-state index is 0.586. The van der Waals surface area contributed by atoms with E-state index in [-0.39, 0.29) is 0 Å². The Labute approximate surface area is 124 Å². The number of ether oxygens (including phenoxy) is 2. The van der Waals surface area contributed by atoms with E-state index in [1.807, 2.05) is 47.0 Å². The molecule has 4 rings (SSSR count). The predicted molar refractivity (Wildman–Crippen MR) is 79.3 cm³/mol. The second-order valence-corrected chi connectivity index (χ2v) is 5.29. The van der Waals surface area contributed by atoms with Crippen LogP contribution in [-0.2, 0) is 0 Å². The molecule has 3 heterocycles. The fourth-order valence-corrected chi connectivity index (χ4v) is 2.96. The van der Waals surface area contributed by atoms with Crippen LogP contribution in [-0.4, -0.2) is 22.6 Å². The Morgan fingerprint density at radius 3 is 2.75 bits per heavy atom. The van der Waals surface area contributed by atoms with Crippen molar-refractivity contribution >= 4 is 21.6 Å². The molecule has 0 amide bonds. The highest BCUT2D eigenvalue weighted by atomic mass is 79.9. The lowest BCUT2D eigenvalue weighted by atomic mass is 10.1. The normalized spacial score (nSPS) is 13.7. The summed E-state index contributed by atoms with van der Waals surface area (Å²) in [7, 11) is 0. The van der Waals surface area contributed by atoms with Gasteiger partial charge in [0.2, 0.25) is 0 Å². The molecule has 100 valence electrons. The maximum absolute atomic E-state index is 5.62. The van der Waals surface area contributed by atoms with Gasteiger partial charge in [-0.05, 0) is 46.3 Å². The molecular formula is C15H11BrN2O2.